The second kappa shape index (κ2) is 8.01. The molecule has 3 aromatic rings. The second-order valence-electron chi connectivity index (χ2n) is 18.0. The fourth-order valence-corrected chi connectivity index (χ4v) is 8.67. The second-order valence-corrected chi connectivity index (χ2v) is 18.0. The van der Waals surface area contributed by atoms with Gasteiger partial charge in [-0.15, -0.1) is 0 Å². The van der Waals surface area contributed by atoms with Gasteiger partial charge in [-0.2, -0.15) is 0 Å². The first-order chi connectivity index (χ1) is 20.4. The minimum atomic E-state index is -0.257. The SMILES string of the molecule is CC1(C)N=C2N(c3cccc4c3oc3c(N5C6=NC(C)(C)C(C)(C)N6C(C)(C)C5(C)C)cccc34)C(C)(C)C(C)(C)N2C1(C)C. The van der Waals surface area contributed by atoms with Gasteiger partial charge in [0.2, 0.25) is 11.9 Å². The number of anilines is 2. The zero-order valence-corrected chi connectivity index (χ0v) is 30.6. The van der Waals surface area contributed by atoms with Crippen LogP contribution < -0.4 is 9.80 Å². The minimum absolute atomic E-state index is 0.156. The van der Waals surface area contributed by atoms with Crippen LogP contribution >= 0.6 is 0 Å². The highest BCUT2D eigenvalue weighted by Gasteiger charge is 2.67. The van der Waals surface area contributed by atoms with Gasteiger partial charge in [0.25, 0.3) is 0 Å². The van der Waals surface area contributed by atoms with E-state index in [0.29, 0.717) is 0 Å². The molecule has 45 heavy (non-hydrogen) atoms. The van der Waals surface area contributed by atoms with Crippen molar-refractivity contribution in [1.82, 2.24) is 9.80 Å². The van der Waals surface area contributed by atoms with Crippen molar-refractivity contribution in [2.75, 3.05) is 9.80 Å². The monoisotopic (exact) mass is 610 g/mol. The molecule has 0 spiro atoms. The molecule has 0 aliphatic carbocycles. The van der Waals surface area contributed by atoms with Gasteiger partial charge in [0.15, 0.2) is 11.2 Å². The van der Waals surface area contributed by atoms with Crippen LogP contribution in [-0.2, 0) is 0 Å². The number of fused-ring (bicyclic) bond motifs is 5. The van der Waals surface area contributed by atoms with Gasteiger partial charge in [0.05, 0.1) is 55.7 Å². The minimum Gasteiger partial charge on any atom is -0.452 e. The first-order valence-electron chi connectivity index (χ1n) is 16.7. The molecule has 0 saturated carbocycles. The molecule has 1 aromatic heterocycles. The Labute approximate surface area is 270 Å². The Morgan fingerprint density at radius 3 is 1.11 bits per heavy atom. The summed E-state index contributed by atoms with van der Waals surface area (Å²) in [6.07, 6.45) is 0. The zero-order chi connectivity index (χ0) is 33.3. The van der Waals surface area contributed by atoms with Gasteiger partial charge in [-0.1, -0.05) is 24.3 Å². The molecule has 0 radical (unpaired) electrons. The topological polar surface area (TPSA) is 50.8 Å². The van der Waals surface area contributed by atoms with E-state index in [1.807, 2.05) is 0 Å². The summed E-state index contributed by atoms with van der Waals surface area (Å²) in [4.78, 5) is 20.8. The molecule has 4 aliphatic heterocycles. The molecule has 0 atom stereocenters. The van der Waals surface area contributed by atoms with E-state index >= 15 is 0 Å². The average Bonchev–Trinajstić information content (AvgIpc) is 3.50. The summed E-state index contributed by atoms with van der Waals surface area (Å²) >= 11 is 0. The van der Waals surface area contributed by atoms with E-state index in [4.69, 9.17) is 14.4 Å². The predicted molar refractivity (Wildman–Crippen MR) is 190 cm³/mol. The number of furan rings is 1. The molecule has 0 amide bonds. The number of benzene rings is 2. The summed E-state index contributed by atoms with van der Waals surface area (Å²) in [5, 5.41) is 2.24. The molecule has 5 heterocycles. The number of hydrogen-bond acceptors (Lipinski definition) is 7. The normalized spacial score (nSPS) is 27.3. The summed E-state index contributed by atoms with van der Waals surface area (Å²) in [5.74, 6) is 2.05. The maximum Gasteiger partial charge on any atom is 0.203 e. The van der Waals surface area contributed by atoms with Gasteiger partial charge in [-0.3, -0.25) is 0 Å². The first-order valence-corrected chi connectivity index (χ1v) is 16.7. The molecular formula is C38H54N6O. The lowest BCUT2D eigenvalue weighted by Gasteiger charge is -2.50. The Balaban J connectivity index is 1.48. The molecule has 242 valence electrons. The Kier molecular flexibility index (Phi) is 5.41. The van der Waals surface area contributed by atoms with Gasteiger partial charge in [-0.05, 0) is 123 Å². The third-order valence-corrected chi connectivity index (χ3v) is 13.9. The predicted octanol–water partition coefficient (Wildman–Crippen LogP) is 8.80. The van der Waals surface area contributed by atoms with E-state index in [1.54, 1.807) is 0 Å². The summed E-state index contributed by atoms with van der Waals surface area (Å²) in [6.45, 7) is 37.1. The Morgan fingerprint density at radius 2 is 0.778 bits per heavy atom. The van der Waals surface area contributed by atoms with E-state index in [0.717, 1.165) is 45.2 Å². The van der Waals surface area contributed by atoms with Crippen LogP contribution in [0.5, 0.6) is 0 Å². The highest BCUT2D eigenvalue weighted by atomic mass is 16.3. The van der Waals surface area contributed by atoms with Gasteiger partial charge >= 0.3 is 0 Å². The van der Waals surface area contributed by atoms with Crippen LogP contribution in [0.3, 0.4) is 0 Å². The molecule has 7 nitrogen and oxygen atoms in total. The third kappa shape index (κ3) is 3.18. The summed E-state index contributed by atoms with van der Waals surface area (Å²) < 4.78 is 7.14. The van der Waals surface area contributed by atoms with Crippen molar-refractivity contribution in [3.8, 4) is 0 Å². The fourth-order valence-electron chi connectivity index (χ4n) is 8.67. The highest BCUT2D eigenvalue weighted by Crippen LogP contribution is 2.57. The lowest BCUT2D eigenvalue weighted by Crippen LogP contribution is -2.63. The average molecular weight is 611 g/mol. The number of para-hydroxylation sites is 2. The van der Waals surface area contributed by atoms with Gasteiger partial charge < -0.3 is 24.0 Å². The number of nitrogens with zero attached hydrogens (tertiary/aromatic N) is 6. The molecule has 2 aromatic carbocycles. The maximum absolute atomic E-state index is 7.14. The molecule has 0 unspecified atom stereocenters. The Bertz CT molecular complexity index is 1710. The standard InChI is InChI=1S/C38H54N6O/c1-31(2)33(5,6)43-29(39-31)41(35(9,10)37(43,13)14)25-21-17-19-23-24-20-18-22-26(28(24)45-27(23)25)42-30-40-32(3,4)34(7,8)44(30)38(15,16)36(42,11)12/h17-22H,1-16H3. The van der Waals surface area contributed by atoms with Crippen molar-refractivity contribution >= 4 is 45.2 Å². The van der Waals surface area contributed by atoms with Gasteiger partial charge in [-0.25, -0.2) is 9.98 Å². The Hall–Kier alpha value is -3.22. The van der Waals surface area contributed by atoms with E-state index < -0.39 is 0 Å². The smallest absolute Gasteiger partial charge is 0.203 e. The van der Waals surface area contributed by atoms with Gasteiger partial charge in [0, 0.05) is 10.8 Å². The van der Waals surface area contributed by atoms with Crippen molar-refractivity contribution in [2.45, 2.75) is 155 Å². The molecule has 7 rings (SSSR count). The van der Waals surface area contributed by atoms with Crippen LogP contribution in [0.4, 0.5) is 11.4 Å². The van der Waals surface area contributed by atoms with Crippen LogP contribution in [0.1, 0.15) is 111 Å². The summed E-state index contributed by atoms with van der Waals surface area (Å²) in [7, 11) is 0. The number of guanidine groups is 2. The van der Waals surface area contributed by atoms with Crippen LogP contribution in [-0.4, -0.2) is 66.0 Å². The van der Waals surface area contributed by atoms with Crippen LogP contribution in [0, 0.1) is 0 Å². The van der Waals surface area contributed by atoms with E-state index in [2.05, 4.69) is 167 Å². The molecule has 2 saturated heterocycles. The maximum atomic E-state index is 7.14. The van der Waals surface area contributed by atoms with E-state index in [-0.39, 0.29) is 44.3 Å². The molecule has 0 bridgehead atoms. The molecule has 2 fully saturated rings. The number of hydrogen-bond donors (Lipinski definition) is 0. The molecule has 7 heteroatoms. The summed E-state index contributed by atoms with van der Waals surface area (Å²) in [6, 6.07) is 13.2. The van der Waals surface area contributed by atoms with Crippen LogP contribution in [0.2, 0.25) is 0 Å². The van der Waals surface area contributed by atoms with Crippen LogP contribution in [0.25, 0.3) is 21.9 Å². The molecular weight excluding hydrogens is 556 g/mol. The van der Waals surface area contributed by atoms with Crippen molar-refractivity contribution in [1.29, 1.82) is 0 Å². The highest BCUT2D eigenvalue weighted by molar-refractivity contribution is 6.18. The zero-order valence-electron chi connectivity index (χ0n) is 30.6. The fraction of sp³-hybridized carbons (Fsp3) is 0.632. The van der Waals surface area contributed by atoms with Crippen molar-refractivity contribution < 1.29 is 4.42 Å². The van der Waals surface area contributed by atoms with Crippen LogP contribution in [0.15, 0.2) is 50.8 Å². The van der Waals surface area contributed by atoms with E-state index in [1.165, 1.54) is 0 Å². The first kappa shape index (κ1) is 30.4. The van der Waals surface area contributed by atoms with Crippen molar-refractivity contribution in [3.63, 3.8) is 0 Å². The van der Waals surface area contributed by atoms with Crippen molar-refractivity contribution in [2.24, 2.45) is 9.98 Å². The van der Waals surface area contributed by atoms with Gasteiger partial charge in [0.1, 0.15) is 0 Å². The third-order valence-electron chi connectivity index (χ3n) is 13.9. The largest absolute Gasteiger partial charge is 0.452 e. The molecule has 4 aliphatic rings. The van der Waals surface area contributed by atoms with E-state index in [9.17, 15) is 0 Å². The number of aliphatic imine (C=N–C) groups is 2. The Morgan fingerprint density at radius 1 is 0.444 bits per heavy atom. The lowest BCUT2D eigenvalue weighted by molar-refractivity contribution is 0.0529. The summed E-state index contributed by atoms with van der Waals surface area (Å²) in [5.41, 5.74) is 2.24. The quantitative estimate of drug-likeness (QED) is 0.290. The molecule has 0 N–H and O–H groups in total. The lowest BCUT2D eigenvalue weighted by atomic mass is 9.76. The van der Waals surface area contributed by atoms with Crippen molar-refractivity contribution in [3.05, 3.63) is 36.4 Å². The number of rotatable bonds is 2.